The van der Waals surface area contributed by atoms with E-state index in [1.165, 1.54) is 0 Å². The molecule has 17 heavy (non-hydrogen) atoms. The fourth-order valence-electron chi connectivity index (χ4n) is 1.26. The number of hydrogen-bond acceptors (Lipinski definition) is 3. The van der Waals surface area contributed by atoms with Crippen molar-refractivity contribution < 1.29 is 8.78 Å². The second-order valence-electron chi connectivity index (χ2n) is 3.96. The van der Waals surface area contributed by atoms with Crippen LogP contribution in [-0.4, -0.2) is 12.0 Å². The van der Waals surface area contributed by atoms with Crippen molar-refractivity contribution in [3.05, 3.63) is 30.5 Å². The van der Waals surface area contributed by atoms with Gasteiger partial charge in [0, 0.05) is 7.05 Å². The summed E-state index contributed by atoms with van der Waals surface area (Å²) in [6.45, 7) is 6.57. The number of aromatic nitrogens is 1. The molecule has 0 aliphatic rings. The average molecular weight is 243 g/mol. The van der Waals surface area contributed by atoms with Crippen molar-refractivity contribution >= 4 is 11.5 Å². The number of halogens is 2. The number of hydrogen-bond donors (Lipinski definition) is 2. The van der Waals surface area contributed by atoms with Gasteiger partial charge in [-0.15, -0.1) is 0 Å². The Labute approximate surface area is 101 Å². The van der Waals surface area contributed by atoms with Gasteiger partial charge in [0.05, 0.1) is 11.9 Å². The maximum Gasteiger partial charge on any atom is 0.263 e. The number of rotatable bonds is 3. The van der Waals surface area contributed by atoms with Crippen LogP contribution in [-0.2, 0) is 6.42 Å². The zero-order valence-corrected chi connectivity index (χ0v) is 10.4. The third kappa shape index (κ3) is 7.27. The quantitative estimate of drug-likeness (QED) is 0.856. The first kappa shape index (κ1) is 15.3. The molecule has 3 nitrogen and oxygen atoms in total. The molecular formula is C12H19F2N3. The predicted molar refractivity (Wildman–Crippen MR) is 68.1 cm³/mol. The molecule has 3 N–H and O–H groups in total. The number of nitrogens with zero attached hydrogens (tertiary/aromatic N) is 1. The maximum atomic E-state index is 10.1. The Balaban J connectivity index is 0.000000557. The van der Waals surface area contributed by atoms with E-state index in [1.807, 2.05) is 7.05 Å². The lowest BCUT2D eigenvalue weighted by Gasteiger charge is -2.09. The van der Waals surface area contributed by atoms with E-state index in [9.17, 15) is 8.78 Å². The lowest BCUT2D eigenvalue weighted by molar-refractivity contribution is 0.426. The highest BCUT2D eigenvalue weighted by molar-refractivity contribution is 5.51. The van der Waals surface area contributed by atoms with Crippen LogP contribution in [0.15, 0.2) is 24.9 Å². The maximum absolute atomic E-state index is 10.1. The van der Waals surface area contributed by atoms with Gasteiger partial charge in [-0.1, -0.05) is 13.8 Å². The molecule has 0 bridgehead atoms. The van der Waals surface area contributed by atoms with Crippen LogP contribution in [0.2, 0.25) is 0 Å². The summed E-state index contributed by atoms with van der Waals surface area (Å²) in [5.74, 6) is 1.25. The number of nitrogens with one attached hydrogen (secondary N) is 1. The van der Waals surface area contributed by atoms with Crippen molar-refractivity contribution in [1.82, 2.24) is 4.98 Å². The van der Waals surface area contributed by atoms with Crippen molar-refractivity contribution in [3.63, 3.8) is 0 Å². The second-order valence-corrected chi connectivity index (χ2v) is 3.96. The van der Waals surface area contributed by atoms with Crippen LogP contribution in [0.5, 0.6) is 0 Å². The fraction of sp³-hybridized carbons (Fsp3) is 0.417. The first-order valence-electron chi connectivity index (χ1n) is 5.28. The summed E-state index contributed by atoms with van der Waals surface area (Å²) in [5.41, 5.74) is 7.90. The summed E-state index contributed by atoms with van der Waals surface area (Å²) < 4.78 is 20.3. The lowest BCUT2D eigenvalue weighted by atomic mass is 10.0. The van der Waals surface area contributed by atoms with E-state index in [2.05, 4.69) is 36.8 Å². The Kier molecular flexibility index (Phi) is 6.86. The van der Waals surface area contributed by atoms with Crippen LogP contribution in [0, 0.1) is 5.92 Å². The molecular weight excluding hydrogens is 224 g/mol. The molecule has 1 aromatic rings. The van der Waals surface area contributed by atoms with Gasteiger partial charge in [0.1, 0.15) is 5.82 Å². The molecule has 5 heteroatoms. The minimum absolute atomic E-state index is 0.608. The van der Waals surface area contributed by atoms with E-state index in [-0.39, 0.29) is 0 Å². The molecule has 1 aromatic heterocycles. The highest BCUT2D eigenvalue weighted by atomic mass is 19.3. The molecule has 0 atom stereocenters. The summed E-state index contributed by atoms with van der Waals surface area (Å²) in [4.78, 5) is 4.12. The summed E-state index contributed by atoms with van der Waals surface area (Å²) in [6, 6.07) is 2.06. The first-order chi connectivity index (χ1) is 7.86. The van der Waals surface area contributed by atoms with Crippen LogP contribution in [0.1, 0.15) is 19.4 Å². The first-order valence-corrected chi connectivity index (χ1v) is 5.28. The molecule has 0 aliphatic heterocycles. The van der Waals surface area contributed by atoms with Gasteiger partial charge >= 0.3 is 0 Å². The van der Waals surface area contributed by atoms with Gasteiger partial charge in [-0.2, -0.15) is 8.78 Å². The second kappa shape index (κ2) is 7.60. The Hall–Kier alpha value is -1.65. The van der Waals surface area contributed by atoms with Gasteiger partial charge in [-0.25, -0.2) is 4.98 Å². The van der Waals surface area contributed by atoms with E-state index in [1.54, 1.807) is 6.20 Å². The third-order valence-corrected chi connectivity index (χ3v) is 1.92. The van der Waals surface area contributed by atoms with Crippen molar-refractivity contribution in [1.29, 1.82) is 0 Å². The Bertz CT molecular complexity index is 361. The van der Waals surface area contributed by atoms with Gasteiger partial charge in [-0.3, -0.25) is 0 Å². The Morgan fingerprint density at radius 1 is 1.53 bits per heavy atom. The van der Waals surface area contributed by atoms with E-state index in [0.29, 0.717) is 11.7 Å². The van der Waals surface area contributed by atoms with Gasteiger partial charge in [0.2, 0.25) is 0 Å². The minimum Gasteiger partial charge on any atom is -0.387 e. The summed E-state index contributed by atoms with van der Waals surface area (Å²) >= 11 is 0. The molecule has 1 rings (SSSR count). The largest absolute Gasteiger partial charge is 0.387 e. The van der Waals surface area contributed by atoms with E-state index < -0.39 is 6.08 Å². The van der Waals surface area contributed by atoms with Gasteiger partial charge in [0.25, 0.3) is 6.08 Å². The van der Waals surface area contributed by atoms with E-state index in [4.69, 9.17) is 5.73 Å². The highest BCUT2D eigenvalue weighted by Gasteiger charge is 2.04. The monoisotopic (exact) mass is 243 g/mol. The Morgan fingerprint density at radius 2 is 2.06 bits per heavy atom. The third-order valence-electron chi connectivity index (χ3n) is 1.92. The smallest absolute Gasteiger partial charge is 0.263 e. The van der Waals surface area contributed by atoms with Crippen LogP contribution < -0.4 is 11.1 Å². The van der Waals surface area contributed by atoms with Crippen molar-refractivity contribution in [2.45, 2.75) is 20.3 Å². The van der Waals surface area contributed by atoms with Crippen molar-refractivity contribution in [3.8, 4) is 0 Å². The van der Waals surface area contributed by atoms with Crippen LogP contribution in [0.25, 0.3) is 0 Å². The van der Waals surface area contributed by atoms with Crippen molar-refractivity contribution in [2.75, 3.05) is 18.1 Å². The zero-order chi connectivity index (χ0) is 13.4. The molecule has 0 amide bonds. The SMILES string of the molecule is C=C(F)F.CNc1cnc(N)c(CC(C)C)c1. The molecule has 0 aromatic carbocycles. The van der Waals surface area contributed by atoms with E-state index >= 15 is 0 Å². The van der Waals surface area contributed by atoms with Gasteiger partial charge < -0.3 is 11.1 Å². The van der Waals surface area contributed by atoms with Gasteiger partial charge in [0.15, 0.2) is 0 Å². The zero-order valence-electron chi connectivity index (χ0n) is 10.4. The standard InChI is InChI=1S/C10H17N3.C2H2F2/c1-7(2)4-8-5-9(12-3)6-13-10(8)11;1-2(3)4/h5-7,12H,4H2,1-3H3,(H2,11,13);1H2. The molecule has 0 fully saturated rings. The summed E-state index contributed by atoms with van der Waals surface area (Å²) in [5, 5.41) is 3.05. The van der Waals surface area contributed by atoms with E-state index in [0.717, 1.165) is 17.7 Å². The molecule has 0 radical (unpaired) electrons. The number of nitrogen functional groups attached to an aromatic ring is 1. The van der Waals surface area contributed by atoms with Crippen LogP contribution in [0.4, 0.5) is 20.3 Å². The normalized spacial score (nSPS) is 9.53. The highest BCUT2D eigenvalue weighted by Crippen LogP contribution is 2.17. The molecule has 1 heterocycles. The molecule has 0 aliphatic carbocycles. The molecule has 96 valence electrons. The minimum atomic E-state index is -1.83. The lowest BCUT2D eigenvalue weighted by Crippen LogP contribution is -2.03. The van der Waals surface area contributed by atoms with Crippen LogP contribution in [0.3, 0.4) is 0 Å². The summed E-state index contributed by atoms with van der Waals surface area (Å²) in [6.07, 6.45) is 0.896. The Morgan fingerprint density at radius 3 is 2.47 bits per heavy atom. The number of pyridine rings is 1. The topological polar surface area (TPSA) is 50.9 Å². The molecule has 0 saturated heterocycles. The van der Waals surface area contributed by atoms with Crippen molar-refractivity contribution in [2.24, 2.45) is 5.92 Å². The van der Waals surface area contributed by atoms with Crippen LogP contribution >= 0.6 is 0 Å². The molecule has 0 saturated carbocycles. The number of anilines is 2. The summed E-state index contributed by atoms with van der Waals surface area (Å²) in [7, 11) is 1.88. The number of nitrogens with two attached hydrogens (primary N) is 1. The average Bonchev–Trinajstić information content (AvgIpc) is 2.20. The predicted octanol–water partition coefficient (Wildman–Crippen LogP) is 3.30. The van der Waals surface area contributed by atoms with Gasteiger partial charge in [-0.05, 0) is 30.5 Å². The fourth-order valence-corrected chi connectivity index (χ4v) is 1.26. The molecule has 0 spiro atoms. The molecule has 0 unspecified atom stereocenters.